The van der Waals surface area contributed by atoms with Gasteiger partial charge in [-0.15, -0.1) is 0 Å². The largest absolute Gasteiger partial charge is 0.0955 e. The minimum Gasteiger partial charge on any atom is -0.0955 e. The van der Waals surface area contributed by atoms with Gasteiger partial charge < -0.3 is 0 Å². The van der Waals surface area contributed by atoms with E-state index in [9.17, 15) is 0 Å². The molecular formula is C11H16. The molecule has 0 nitrogen and oxygen atoms in total. The van der Waals surface area contributed by atoms with Crippen molar-refractivity contribution in [2.75, 3.05) is 0 Å². The highest BCUT2D eigenvalue weighted by Crippen LogP contribution is 2.60. The second-order valence-electron chi connectivity index (χ2n) is 4.63. The first-order valence-electron chi connectivity index (χ1n) is 4.40. The Morgan fingerprint density at radius 3 is 2.45 bits per heavy atom. The highest BCUT2D eigenvalue weighted by Gasteiger charge is 2.51. The molecule has 2 atom stereocenters. The van der Waals surface area contributed by atoms with Crippen molar-refractivity contribution in [2.24, 2.45) is 17.3 Å². The van der Waals surface area contributed by atoms with Gasteiger partial charge in [-0.25, -0.2) is 0 Å². The van der Waals surface area contributed by atoms with E-state index in [2.05, 4.69) is 33.4 Å². The predicted molar refractivity (Wildman–Crippen MR) is 48.3 cm³/mol. The summed E-state index contributed by atoms with van der Waals surface area (Å²) in [4.78, 5) is 0. The molecule has 0 heterocycles. The van der Waals surface area contributed by atoms with Crippen LogP contribution in [-0.4, -0.2) is 0 Å². The Labute approximate surface area is 69.0 Å². The van der Waals surface area contributed by atoms with Crippen molar-refractivity contribution in [3.05, 3.63) is 23.8 Å². The third-order valence-corrected chi connectivity index (χ3v) is 3.68. The average molecular weight is 148 g/mol. The Hall–Kier alpha value is -0.520. The van der Waals surface area contributed by atoms with Gasteiger partial charge in [0.1, 0.15) is 0 Å². The van der Waals surface area contributed by atoms with Crippen LogP contribution in [0.3, 0.4) is 0 Å². The summed E-state index contributed by atoms with van der Waals surface area (Å²) in [6.45, 7) is 11.1. The maximum absolute atomic E-state index is 4.10. The second-order valence-corrected chi connectivity index (χ2v) is 4.63. The molecule has 0 amide bonds. The smallest absolute Gasteiger partial charge is 0.0105 e. The predicted octanol–water partition coefficient (Wildman–Crippen LogP) is 3.16. The lowest BCUT2D eigenvalue weighted by atomic mass is 9.48. The number of hydrogen-bond acceptors (Lipinski definition) is 0. The third kappa shape index (κ3) is 0.702. The lowest BCUT2D eigenvalue weighted by Crippen LogP contribution is -2.48. The van der Waals surface area contributed by atoms with Crippen molar-refractivity contribution >= 4 is 0 Å². The van der Waals surface area contributed by atoms with Gasteiger partial charge in [0.05, 0.1) is 0 Å². The molecule has 0 aliphatic heterocycles. The number of allylic oxidation sites excluding steroid dienone is 3. The summed E-state index contributed by atoms with van der Waals surface area (Å²) in [6.07, 6.45) is 3.64. The Morgan fingerprint density at radius 1 is 1.45 bits per heavy atom. The van der Waals surface area contributed by atoms with E-state index in [4.69, 9.17) is 0 Å². The van der Waals surface area contributed by atoms with Crippen LogP contribution in [-0.2, 0) is 0 Å². The molecule has 11 heavy (non-hydrogen) atoms. The van der Waals surface area contributed by atoms with Crippen molar-refractivity contribution in [3.63, 3.8) is 0 Å². The van der Waals surface area contributed by atoms with E-state index < -0.39 is 0 Å². The standard InChI is InChI=1S/C11H16/c1-7-5-8(2)10-6-9(7)11(10,3)4/h5,9-10H,1,6H2,2-4H3/t9-,10+/m0/s1. The molecule has 0 unspecified atom stereocenters. The molecule has 2 bridgehead atoms. The molecule has 3 rings (SSSR count). The van der Waals surface area contributed by atoms with E-state index >= 15 is 0 Å². The van der Waals surface area contributed by atoms with Gasteiger partial charge in [0.25, 0.3) is 0 Å². The van der Waals surface area contributed by atoms with Crippen molar-refractivity contribution in [2.45, 2.75) is 27.2 Å². The normalized spacial score (nSPS) is 39.5. The fourth-order valence-electron chi connectivity index (χ4n) is 2.82. The van der Waals surface area contributed by atoms with E-state index in [-0.39, 0.29) is 0 Å². The van der Waals surface area contributed by atoms with Crippen LogP contribution in [0.15, 0.2) is 23.8 Å². The fraction of sp³-hybridized carbons (Fsp3) is 0.636. The summed E-state index contributed by atoms with van der Waals surface area (Å²) in [7, 11) is 0. The first-order chi connectivity index (χ1) is 5.03. The van der Waals surface area contributed by atoms with Crippen molar-refractivity contribution in [1.82, 2.24) is 0 Å². The molecule has 0 aromatic heterocycles. The topological polar surface area (TPSA) is 0 Å². The Kier molecular flexibility index (Phi) is 1.17. The summed E-state index contributed by atoms with van der Waals surface area (Å²) in [5, 5.41) is 0. The maximum atomic E-state index is 4.10. The van der Waals surface area contributed by atoms with E-state index in [1.54, 1.807) is 5.57 Å². The molecule has 0 heteroatoms. The van der Waals surface area contributed by atoms with Crippen LogP contribution >= 0.6 is 0 Å². The Balaban J connectivity index is 2.42. The van der Waals surface area contributed by atoms with Crippen molar-refractivity contribution in [1.29, 1.82) is 0 Å². The summed E-state index contributed by atoms with van der Waals surface area (Å²) < 4.78 is 0. The van der Waals surface area contributed by atoms with Crippen LogP contribution in [0.1, 0.15) is 27.2 Å². The molecule has 0 saturated heterocycles. The van der Waals surface area contributed by atoms with E-state index in [0.29, 0.717) is 5.41 Å². The monoisotopic (exact) mass is 148 g/mol. The zero-order valence-corrected chi connectivity index (χ0v) is 7.65. The molecule has 60 valence electrons. The molecule has 0 radical (unpaired) electrons. The number of rotatable bonds is 0. The lowest BCUT2D eigenvalue weighted by Gasteiger charge is -2.56. The second kappa shape index (κ2) is 1.80. The van der Waals surface area contributed by atoms with Crippen LogP contribution in [0.5, 0.6) is 0 Å². The Bertz CT molecular complexity index is 243. The SMILES string of the molecule is C=C1C=C(C)[C@H]2C[C@@H]1C2(C)C. The molecular weight excluding hydrogens is 132 g/mol. The van der Waals surface area contributed by atoms with Crippen LogP contribution in [0.25, 0.3) is 0 Å². The zero-order chi connectivity index (χ0) is 8.22. The molecule has 0 spiro atoms. The first kappa shape index (κ1) is 7.15. The summed E-state index contributed by atoms with van der Waals surface area (Å²) in [5.74, 6) is 1.62. The van der Waals surface area contributed by atoms with E-state index in [0.717, 1.165) is 11.8 Å². The van der Waals surface area contributed by atoms with Gasteiger partial charge in [0, 0.05) is 0 Å². The van der Waals surface area contributed by atoms with Crippen LogP contribution in [0.2, 0.25) is 0 Å². The van der Waals surface area contributed by atoms with Crippen LogP contribution in [0.4, 0.5) is 0 Å². The Morgan fingerprint density at radius 2 is 2.09 bits per heavy atom. The van der Waals surface area contributed by atoms with Crippen LogP contribution < -0.4 is 0 Å². The summed E-state index contributed by atoms with van der Waals surface area (Å²) in [5.41, 5.74) is 3.41. The third-order valence-electron chi connectivity index (χ3n) is 3.68. The van der Waals surface area contributed by atoms with Crippen molar-refractivity contribution < 1.29 is 0 Å². The highest BCUT2D eigenvalue weighted by molar-refractivity contribution is 5.37. The van der Waals surface area contributed by atoms with E-state index in [1.165, 1.54) is 12.0 Å². The number of hydrogen-bond donors (Lipinski definition) is 0. The summed E-state index contributed by atoms with van der Waals surface area (Å²) in [6, 6.07) is 0. The van der Waals surface area contributed by atoms with E-state index in [1.807, 2.05) is 0 Å². The molecule has 1 saturated carbocycles. The fourth-order valence-corrected chi connectivity index (χ4v) is 2.82. The molecule has 3 aliphatic rings. The minimum atomic E-state index is 0.510. The lowest BCUT2D eigenvalue weighted by molar-refractivity contribution is 0.0241. The maximum Gasteiger partial charge on any atom is -0.0105 e. The molecule has 1 fully saturated rings. The van der Waals surface area contributed by atoms with Gasteiger partial charge in [-0.3, -0.25) is 0 Å². The quantitative estimate of drug-likeness (QED) is 0.495. The number of fused-ring (bicyclic) bond motifs is 1. The molecule has 3 aliphatic carbocycles. The molecule has 0 aromatic carbocycles. The molecule has 0 N–H and O–H groups in total. The van der Waals surface area contributed by atoms with Gasteiger partial charge in [-0.2, -0.15) is 0 Å². The van der Waals surface area contributed by atoms with Crippen molar-refractivity contribution in [3.8, 4) is 0 Å². The minimum absolute atomic E-state index is 0.510. The van der Waals surface area contributed by atoms with Gasteiger partial charge in [0.15, 0.2) is 0 Å². The molecule has 0 aromatic rings. The first-order valence-corrected chi connectivity index (χ1v) is 4.40. The highest BCUT2D eigenvalue weighted by atomic mass is 14.6. The van der Waals surface area contributed by atoms with Gasteiger partial charge >= 0.3 is 0 Å². The van der Waals surface area contributed by atoms with Gasteiger partial charge in [0.2, 0.25) is 0 Å². The average Bonchev–Trinajstić information content (AvgIpc) is 1.84. The zero-order valence-electron chi connectivity index (χ0n) is 7.65. The van der Waals surface area contributed by atoms with Gasteiger partial charge in [-0.1, -0.05) is 37.6 Å². The van der Waals surface area contributed by atoms with Gasteiger partial charge in [-0.05, 0) is 30.6 Å². The van der Waals surface area contributed by atoms with Crippen LogP contribution in [0, 0.1) is 17.3 Å². The summed E-state index contributed by atoms with van der Waals surface area (Å²) >= 11 is 0.